The average Bonchev–Trinajstić information content (AvgIpc) is 2.06. The Labute approximate surface area is 70.6 Å². The molecule has 1 fully saturated rings. The molecule has 0 saturated carbocycles. The Kier molecular flexibility index (Phi) is 3.53. The van der Waals surface area contributed by atoms with E-state index in [9.17, 15) is 9.59 Å². The van der Waals surface area contributed by atoms with Crippen LogP contribution in [-0.2, 0) is 9.63 Å². The molecule has 68 valence electrons. The van der Waals surface area contributed by atoms with Gasteiger partial charge >= 0.3 is 6.09 Å². The molecule has 1 aliphatic rings. The molecule has 1 rings (SSSR count). The van der Waals surface area contributed by atoms with Gasteiger partial charge in [-0.3, -0.25) is 10.1 Å². The Hall–Kier alpha value is -1.10. The first kappa shape index (κ1) is 8.99. The van der Waals surface area contributed by atoms with E-state index >= 15 is 0 Å². The fourth-order valence-electron chi connectivity index (χ4n) is 1.15. The average molecular weight is 172 g/mol. The zero-order chi connectivity index (χ0) is 8.81. The topological polar surface area (TPSA) is 58.6 Å². The van der Waals surface area contributed by atoms with Crippen molar-refractivity contribution >= 4 is 12.5 Å². The molecule has 12 heavy (non-hydrogen) atoms. The van der Waals surface area contributed by atoms with E-state index in [2.05, 4.69) is 0 Å². The van der Waals surface area contributed by atoms with Gasteiger partial charge in [-0.15, -0.1) is 5.06 Å². The molecule has 0 radical (unpaired) electrons. The number of nitrogens with one attached hydrogen (secondary N) is 1. The monoisotopic (exact) mass is 172 g/mol. The molecule has 0 aromatic rings. The van der Waals surface area contributed by atoms with Crippen molar-refractivity contribution in [3.05, 3.63) is 0 Å². The minimum atomic E-state index is -0.702. The van der Waals surface area contributed by atoms with E-state index in [1.807, 2.05) is 5.32 Å². The van der Waals surface area contributed by atoms with Crippen LogP contribution >= 0.6 is 0 Å². The van der Waals surface area contributed by atoms with Crippen LogP contribution in [0.4, 0.5) is 4.79 Å². The summed E-state index contributed by atoms with van der Waals surface area (Å²) in [5.41, 5.74) is 0. The SMILES string of the molecule is O=CNC(=O)ON1CCCCC1. The Morgan fingerprint density at radius 1 is 1.33 bits per heavy atom. The van der Waals surface area contributed by atoms with Gasteiger partial charge in [0.25, 0.3) is 0 Å². The molecule has 1 heterocycles. The van der Waals surface area contributed by atoms with E-state index in [1.165, 1.54) is 6.42 Å². The molecule has 0 aromatic heterocycles. The van der Waals surface area contributed by atoms with Gasteiger partial charge in [0, 0.05) is 13.1 Å². The van der Waals surface area contributed by atoms with Gasteiger partial charge in [-0.2, -0.15) is 0 Å². The highest BCUT2D eigenvalue weighted by molar-refractivity contribution is 5.79. The third-order valence-electron chi connectivity index (χ3n) is 1.70. The molecule has 5 heteroatoms. The van der Waals surface area contributed by atoms with Crippen LogP contribution in [0.3, 0.4) is 0 Å². The molecule has 1 N–H and O–H groups in total. The van der Waals surface area contributed by atoms with Gasteiger partial charge in [0.2, 0.25) is 6.41 Å². The number of rotatable bonds is 2. The molecule has 0 atom stereocenters. The molecule has 0 unspecified atom stereocenters. The van der Waals surface area contributed by atoms with Crippen molar-refractivity contribution in [1.82, 2.24) is 10.4 Å². The summed E-state index contributed by atoms with van der Waals surface area (Å²) < 4.78 is 0. The molecule has 1 saturated heterocycles. The highest BCUT2D eigenvalue weighted by Crippen LogP contribution is 2.08. The van der Waals surface area contributed by atoms with E-state index in [1.54, 1.807) is 5.06 Å². The number of amides is 2. The quantitative estimate of drug-likeness (QED) is 0.607. The van der Waals surface area contributed by atoms with Gasteiger partial charge in [0.15, 0.2) is 0 Å². The summed E-state index contributed by atoms with van der Waals surface area (Å²) in [6.07, 6.45) is 2.86. The first-order valence-corrected chi connectivity index (χ1v) is 4.00. The lowest BCUT2D eigenvalue weighted by atomic mass is 10.2. The number of nitrogens with zero attached hydrogens (tertiary/aromatic N) is 1. The summed E-state index contributed by atoms with van der Waals surface area (Å²) in [5, 5.41) is 3.48. The maximum atomic E-state index is 10.7. The highest BCUT2D eigenvalue weighted by atomic mass is 16.7. The van der Waals surface area contributed by atoms with Crippen LogP contribution in [0.15, 0.2) is 0 Å². The molecular weight excluding hydrogens is 160 g/mol. The first-order chi connectivity index (χ1) is 5.83. The molecule has 5 nitrogen and oxygen atoms in total. The van der Waals surface area contributed by atoms with Gasteiger partial charge in [0.1, 0.15) is 0 Å². The van der Waals surface area contributed by atoms with Crippen molar-refractivity contribution in [3.63, 3.8) is 0 Å². The lowest BCUT2D eigenvalue weighted by Crippen LogP contribution is -2.36. The van der Waals surface area contributed by atoms with Crippen LogP contribution in [0.5, 0.6) is 0 Å². The Balaban J connectivity index is 2.19. The zero-order valence-corrected chi connectivity index (χ0v) is 6.78. The van der Waals surface area contributed by atoms with E-state index in [-0.39, 0.29) is 0 Å². The lowest BCUT2D eigenvalue weighted by Gasteiger charge is -2.24. The van der Waals surface area contributed by atoms with Crippen molar-refractivity contribution in [3.8, 4) is 0 Å². The largest absolute Gasteiger partial charge is 0.432 e. The minimum Gasteiger partial charge on any atom is -0.351 e. The second-order valence-corrected chi connectivity index (χ2v) is 2.63. The minimum absolute atomic E-state index is 0.312. The third-order valence-corrected chi connectivity index (χ3v) is 1.70. The van der Waals surface area contributed by atoms with Gasteiger partial charge in [0.05, 0.1) is 0 Å². The van der Waals surface area contributed by atoms with Crippen LogP contribution in [0.25, 0.3) is 0 Å². The summed E-state index contributed by atoms with van der Waals surface area (Å²) in [7, 11) is 0. The van der Waals surface area contributed by atoms with Crippen LogP contribution < -0.4 is 5.32 Å². The fraction of sp³-hybridized carbons (Fsp3) is 0.714. The van der Waals surface area contributed by atoms with E-state index in [4.69, 9.17) is 4.84 Å². The number of carbonyl (C=O) groups excluding carboxylic acids is 2. The van der Waals surface area contributed by atoms with Crippen LogP contribution in [0.1, 0.15) is 19.3 Å². The molecule has 0 aliphatic carbocycles. The number of piperidine rings is 1. The lowest BCUT2D eigenvalue weighted by molar-refractivity contribution is -0.119. The number of hydrogen-bond donors (Lipinski definition) is 1. The Morgan fingerprint density at radius 2 is 2.00 bits per heavy atom. The molecule has 0 aromatic carbocycles. The van der Waals surface area contributed by atoms with E-state index in [0.29, 0.717) is 6.41 Å². The standard InChI is InChI=1S/C7H12N2O3/c10-6-8-7(11)12-9-4-2-1-3-5-9/h6H,1-5H2,(H,8,10,11). The van der Waals surface area contributed by atoms with Crippen molar-refractivity contribution in [1.29, 1.82) is 0 Å². The number of carbonyl (C=O) groups is 2. The first-order valence-electron chi connectivity index (χ1n) is 4.00. The van der Waals surface area contributed by atoms with Gasteiger partial charge in [-0.1, -0.05) is 6.42 Å². The van der Waals surface area contributed by atoms with E-state index < -0.39 is 6.09 Å². The van der Waals surface area contributed by atoms with Crippen molar-refractivity contribution in [2.45, 2.75) is 19.3 Å². The molecular formula is C7H12N2O3. The third kappa shape index (κ3) is 2.87. The van der Waals surface area contributed by atoms with Gasteiger partial charge in [-0.25, -0.2) is 4.79 Å². The van der Waals surface area contributed by atoms with Crippen LogP contribution in [0.2, 0.25) is 0 Å². The Morgan fingerprint density at radius 3 is 2.58 bits per heavy atom. The maximum absolute atomic E-state index is 10.7. The van der Waals surface area contributed by atoms with E-state index in [0.717, 1.165) is 25.9 Å². The molecule has 0 spiro atoms. The summed E-state index contributed by atoms with van der Waals surface area (Å²) >= 11 is 0. The number of imide groups is 1. The summed E-state index contributed by atoms with van der Waals surface area (Å²) in [6.45, 7) is 1.51. The zero-order valence-electron chi connectivity index (χ0n) is 6.78. The maximum Gasteiger partial charge on any atom is 0.432 e. The molecule has 1 aliphatic heterocycles. The summed E-state index contributed by atoms with van der Waals surface area (Å²) in [6, 6.07) is 0. The smallest absolute Gasteiger partial charge is 0.351 e. The molecule has 0 bridgehead atoms. The number of hydroxylamine groups is 2. The van der Waals surface area contributed by atoms with Crippen molar-refractivity contribution < 1.29 is 14.4 Å². The number of hydrogen-bond acceptors (Lipinski definition) is 4. The molecule has 2 amide bonds. The Bertz CT molecular complexity index is 166. The predicted octanol–water partition coefficient (Wildman–Crippen LogP) is 0.270. The van der Waals surface area contributed by atoms with Crippen molar-refractivity contribution in [2.24, 2.45) is 0 Å². The summed E-state index contributed by atoms with van der Waals surface area (Å²) in [5.74, 6) is 0. The second kappa shape index (κ2) is 4.71. The fourth-order valence-corrected chi connectivity index (χ4v) is 1.15. The second-order valence-electron chi connectivity index (χ2n) is 2.63. The van der Waals surface area contributed by atoms with Gasteiger partial charge in [-0.05, 0) is 12.8 Å². The van der Waals surface area contributed by atoms with Crippen molar-refractivity contribution in [2.75, 3.05) is 13.1 Å². The highest BCUT2D eigenvalue weighted by Gasteiger charge is 2.13. The van der Waals surface area contributed by atoms with Gasteiger partial charge < -0.3 is 4.84 Å². The predicted molar refractivity (Wildman–Crippen MR) is 41.1 cm³/mol. The summed E-state index contributed by atoms with van der Waals surface area (Å²) in [4.78, 5) is 25.3. The van der Waals surface area contributed by atoms with Crippen LogP contribution in [-0.4, -0.2) is 30.7 Å². The normalized spacial score (nSPS) is 18.3. The van der Waals surface area contributed by atoms with Crippen LogP contribution in [0, 0.1) is 0 Å².